The fraction of sp³-hybridized carbons (Fsp3) is 0. The minimum absolute atomic E-state index is 0. The van der Waals surface area contributed by atoms with E-state index < -0.39 is 6.16 Å². The average molecular weight is 170 g/mol. The fourth-order valence-electron chi connectivity index (χ4n) is 0. The van der Waals surface area contributed by atoms with Gasteiger partial charge in [0, 0.05) is 21.7 Å². The van der Waals surface area contributed by atoms with Crippen molar-refractivity contribution in [1.29, 1.82) is 0 Å². The van der Waals surface area contributed by atoms with E-state index in [1.807, 2.05) is 0 Å². The van der Waals surface area contributed by atoms with Gasteiger partial charge in [-0.2, -0.15) is 0 Å². The first-order valence-electron chi connectivity index (χ1n) is 1.04. The zero-order valence-electron chi connectivity index (χ0n) is 3.26. The molecule has 0 saturated heterocycles. The van der Waals surface area contributed by atoms with Gasteiger partial charge in [-0.3, -0.25) is 0 Å². The second kappa shape index (κ2) is 9.88. The van der Waals surface area contributed by atoms with Crippen LogP contribution in [0.3, 0.4) is 0 Å². The van der Waals surface area contributed by atoms with Gasteiger partial charge in [0.15, 0.2) is 17.4 Å². The molecule has 7 heavy (non-hydrogen) atoms. The van der Waals surface area contributed by atoms with Gasteiger partial charge < -0.3 is 9.53 Å². The predicted octanol–water partition coefficient (Wildman–Crippen LogP) is -2.23. The zero-order valence-corrected chi connectivity index (χ0v) is 6.83. The van der Waals surface area contributed by atoms with Crippen LogP contribution in [-0.4, -0.2) is 39.1 Å². The summed E-state index contributed by atoms with van der Waals surface area (Å²) in [6.07, 6.45) is -1.18. The molecule has 0 fully saturated rings. The van der Waals surface area contributed by atoms with E-state index in [1.165, 1.54) is 0 Å². The maximum absolute atomic E-state index is 9.18. The van der Waals surface area contributed by atoms with Crippen molar-refractivity contribution in [2.75, 3.05) is 0 Å². The third-order valence-electron chi connectivity index (χ3n) is 0.175. The van der Waals surface area contributed by atoms with E-state index >= 15 is 0 Å². The average Bonchev–Trinajstić information content (AvgIpc) is 1.38. The second-order valence-electron chi connectivity index (χ2n) is 0.470. The topological polar surface area (TPSA) is 46.5 Å². The molecule has 6 heteroatoms. The Morgan fingerprint density at radius 3 is 1.86 bits per heavy atom. The van der Waals surface area contributed by atoms with Crippen LogP contribution >= 0.6 is 0 Å². The van der Waals surface area contributed by atoms with Crippen molar-refractivity contribution in [3.05, 3.63) is 0 Å². The molecule has 1 N–H and O–H groups in total. The summed E-state index contributed by atoms with van der Waals surface area (Å²) < 4.78 is 3.81. The number of hydrogen-bond acceptors (Lipinski definition) is 2. The summed E-state index contributed by atoms with van der Waals surface area (Å²) in [5, 5.41) is 7.53. The van der Waals surface area contributed by atoms with Crippen LogP contribution in [0.2, 0.25) is 0 Å². The van der Waals surface area contributed by atoms with Gasteiger partial charge >= 0.3 is 6.16 Å². The number of hydrogen-bond donors (Lipinski definition) is 1. The van der Waals surface area contributed by atoms with Gasteiger partial charge in [-0.05, 0) is 0 Å². The molecule has 0 radical (unpaired) electrons. The van der Waals surface area contributed by atoms with Crippen molar-refractivity contribution in [2.24, 2.45) is 0 Å². The summed E-state index contributed by atoms with van der Waals surface area (Å²) in [5.74, 6) is 0. The summed E-state index contributed by atoms with van der Waals surface area (Å²) in [7, 11) is 0.274. The Hall–Kier alpha value is 0.734. The Bertz CT molecular complexity index is 50.2. The first-order chi connectivity index (χ1) is 2.27. The fourth-order valence-corrected chi connectivity index (χ4v) is 0. The van der Waals surface area contributed by atoms with Crippen molar-refractivity contribution >= 4 is 34.0 Å². The molecule has 40 valence electrons. The molecule has 0 atom stereocenters. The second-order valence-corrected chi connectivity index (χ2v) is 0.878. The minimum atomic E-state index is -1.18. The summed E-state index contributed by atoms with van der Waals surface area (Å²) in [6, 6.07) is 0. The normalized spacial score (nSPS) is 5.14. The zero-order chi connectivity index (χ0) is 4.28. The van der Waals surface area contributed by atoms with E-state index in [4.69, 9.17) is 5.11 Å². The Labute approximate surface area is 70.0 Å². The van der Waals surface area contributed by atoms with Crippen LogP contribution in [0.25, 0.3) is 0 Å². The minimum Gasteiger partial charge on any atom is -0.499 e. The molecule has 0 aromatic carbocycles. The van der Waals surface area contributed by atoms with E-state index in [9.17, 15) is 4.79 Å². The molecule has 0 amide bonds. The Balaban J connectivity index is -0.0000000800. The third-order valence-corrected chi connectivity index (χ3v) is 0.524. The molecule has 0 aromatic heterocycles. The van der Waals surface area contributed by atoms with Crippen LogP contribution in [-0.2, 0) is 26.1 Å². The Morgan fingerprint density at radius 1 is 1.71 bits per heavy atom. The maximum atomic E-state index is 9.18. The van der Waals surface area contributed by atoms with Gasteiger partial charge in [0.2, 0.25) is 10.5 Å². The molecule has 0 rings (SSSR count). The van der Waals surface area contributed by atoms with E-state index in [0.717, 1.165) is 0 Å². The molecular formula is CH7AlO3SiTi. The molecular weight excluding hydrogens is 163 g/mol. The summed E-state index contributed by atoms with van der Waals surface area (Å²) in [4.78, 5) is 9.18. The van der Waals surface area contributed by atoms with E-state index in [1.54, 1.807) is 0 Å². The first-order valence-corrected chi connectivity index (χ1v) is 1.86. The van der Waals surface area contributed by atoms with E-state index in [-0.39, 0.29) is 49.6 Å². The SMILES string of the molecule is O=C(O)O[SiH3].[AlH3].[Ti]. The maximum Gasteiger partial charge on any atom is 0.491 e. The number of carbonyl (C=O) groups is 1. The van der Waals surface area contributed by atoms with Crippen molar-refractivity contribution < 1.29 is 36.0 Å². The van der Waals surface area contributed by atoms with E-state index in [0.29, 0.717) is 0 Å². The third kappa shape index (κ3) is 20.2. The molecule has 0 aliphatic carbocycles. The van der Waals surface area contributed by atoms with Crippen molar-refractivity contribution in [1.82, 2.24) is 0 Å². The number of rotatable bonds is 0. The van der Waals surface area contributed by atoms with Crippen LogP contribution in [0.1, 0.15) is 0 Å². The molecule has 0 aliphatic heterocycles. The van der Waals surface area contributed by atoms with Gasteiger partial charge in [-0.1, -0.05) is 0 Å². The first kappa shape index (κ1) is 15.6. The standard InChI is InChI=1S/CH4O3Si.Al.Ti.3H/c2-1(3)4-5;;;;;/h5H3,(H,2,3);;;;;. The van der Waals surface area contributed by atoms with Crippen LogP contribution in [0, 0.1) is 0 Å². The van der Waals surface area contributed by atoms with Crippen molar-refractivity contribution in [2.45, 2.75) is 0 Å². The largest absolute Gasteiger partial charge is 0.499 e. The number of carboxylic acid groups (broad SMARTS) is 1. The van der Waals surface area contributed by atoms with Gasteiger partial charge in [0.05, 0.1) is 0 Å². The predicted molar refractivity (Wildman–Crippen MR) is 29.0 cm³/mol. The van der Waals surface area contributed by atoms with Crippen molar-refractivity contribution in [3.8, 4) is 0 Å². The molecule has 0 bridgehead atoms. The smallest absolute Gasteiger partial charge is 0.491 e. The molecule has 0 aliphatic rings. The van der Waals surface area contributed by atoms with Gasteiger partial charge in [-0.25, -0.2) is 4.79 Å². The molecule has 0 aromatic rings. The summed E-state index contributed by atoms with van der Waals surface area (Å²) in [6.45, 7) is 0. The monoisotopic (exact) mass is 170 g/mol. The van der Waals surface area contributed by atoms with Gasteiger partial charge in [0.1, 0.15) is 0 Å². The Morgan fingerprint density at radius 2 is 1.86 bits per heavy atom. The Kier molecular flexibility index (Phi) is 22.1. The molecule has 3 nitrogen and oxygen atoms in total. The van der Waals surface area contributed by atoms with Gasteiger partial charge in [-0.15, -0.1) is 0 Å². The summed E-state index contributed by atoms with van der Waals surface area (Å²) >= 11 is 0. The summed E-state index contributed by atoms with van der Waals surface area (Å²) in [5.41, 5.74) is 0. The van der Waals surface area contributed by atoms with Crippen LogP contribution in [0.5, 0.6) is 0 Å². The quantitative estimate of drug-likeness (QED) is 0.418. The van der Waals surface area contributed by atoms with Crippen LogP contribution in [0.15, 0.2) is 0 Å². The van der Waals surface area contributed by atoms with E-state index in [2.05, 4.69) is 4.43 Å². The van der Waals surface area contributed by atoms with Crippen LogP contribution < -0.4 is 0 Å². The van der Waals surface area contributed by atoms with Crippen molar-refractivity contribution in [3.63, 3.8) is 0 Å². The molecule has 0 unspecified atom stereocenters. The molecule has 0 saturated carbocycles. The molecule has 0 heterocycles. The van der Waals surface area contributed by atoms with Crippen LogP contribution in [0.4, 0.5) is 4.79 Å². The molecule has 0 spiro atoms. The van der Waals surface area contributed by atoms with Gasteiger partial charge in [0.25, 0.3) is 0 Å².